The molecule has 1 heterocycles. The molecule has 1 saturated heterocycles. The third-order valence-corrected chi connectivity index (χ3v) is 4.17. The van der Waals surface area contributed by atoms with Crippen LogP contribution in [0.1, 0.15) is 26.7 Å². The van der Waals surface area contributed by atoms with Gasteiger partial charge in [-0.05, 0) is 54.8 Å². The molecule has 0 aromatic heterocycles. The Labute approximate surface area is 111 Å². The van der Waals surface area contributed by atoms with E-state index in [-0.39, 0.29) is 11.5 Å². The highest BCUT2D eigenvalue weighted by Gasteiger charge is 2.35. The van der Waals surface area contributed by atoms with Crippen molar-refractivity contribution < 1.29 is 0 Å². The molecule has 1 aliphatic rings. The number of halogens is 1. The van der Waals surface area contributed by atoms with Gasteiger partial charge in [-0.1, -0.05) is 12.1 Å². The summed E-state index contributed by atoms with van der Waals surface area (Å²) in [5.41, 5.74) is 1.27. The molecule has 1 aromatic carbocycles. The Balaban J connectivity index is 2.29. The molecule has 1 fully saturated rings. The van der Waals surface area contributed by atoms with Gasteiger partial charge in [-0.25, -0.2) is 0 Å². The maximum absolute atomic E-state index is 9.06. The summed E-state index contributed by atoms with van der Waals surface area (Å²) in [6.07, 6.45) is 1.89. The van der Waals surface area contributed by atoms with Crippen LogP contribution in [0.2, 0.25) is 0 Å². The van der Waals surface area contributed by atoms with Gasteiger partial charge < -0.3 is 4.90 Å². The minimum atomic E-state index is 0.0442. The molecular weight excluding hydrogens is 276 g/mol. The van der Waals surface area contributed by atoms with Gasteiger partial charge in [0.05, 0.1) is 17.7 Å². The highest BCUT2D eigenvalue weighted by atomic mass is 79.9. The van der Waals surface area contributed by atoms with Crippen molar-refractivity contribution >= 4 is 21.6 Å². The monoisotopic (exact) mass is 292 g/mol. The van der Waals surface area contributed by atoms with Crippen molar-refractivity contribution in [1.82, 2.24) is 0 Å². The van der Waals surface area contributed by atoms with E-state index in [1.54, 1.807) is 0 Å². The topological polar surface area (TPSA) is 27.0 Å². The number of rotatable bonds is 1. The molecule has 0 amide bonds. The van der Waals surface area contributed by atoms with Crippen molar-refractivity contribution in [2.45, 2.75) is 32.2 Å². The van der Waals surface area contributed by atoms with Crippen LogP contribution in [0, 0.1) is 17.2 Å². The van der Waals surface area contributed by atoms with Crippen LogP contribution in [-0.4, -0.2) is 12.1 Å². The second-order valence-electron chi connectivity index (χ2n) is 5.23. The molecule has 0 bridgehead atoms. The van der Waals surface area contributed by atoms with E-state index in [2.05, 4.69) is 58.9 Å². The molecule has 0 spiro atoms. The van der Waals surface area contributed by atoms with Crippen molar-refractivity contribution in [2.24, 2.45) is 5.92 Å². The first-order valence-corrected chi connectivity index (χ1v) is 6.76. The molecule has 1 aromatic rings. The predicted molar refractivity (Wildman–Crippen MR) is 73.9 cm³/mol. The fraction of sp³-hybridized carbons (Fsp3) is 0.500. The summed E-state index contributed by atoms with van der Waals surface area (Å²) >= 11 is 3.61. The SMILES string of the molecule is CC1(C)CC(C#N)CCN1c1ccccc1Br. The zero-order chi connectivity index (χ0) is 12.5. The first-order chi connectivity index (χ1) is 8.04. The lowest BCUT2D eigenvalue weighted by molar-refractivity contribution is 0.315. The molecular formula is C14H17BrN2. The van der Waals surface area contributed by atoms with E-state index in [0.717, 1.165) is 23.9 Å². The molecule has 3 heteroatoms. The van der Waals surface area contributed by atoms with Crippen LogP contribution in [0.25, 0.3) is 0 Å². The molecule has 1 atom stereocenters. The summed E-state index contributed by atoms with van der Waals surface area (Å²) in [5, 5.41) is 9.06. The van der Waals surface area contributed by atoms with Crippen molar-refractivity contribution in [3.8, 4) is 6.07 Å². The van der Waals surface area contributed by atoms with E-state index in [1.807, 2.05) is 6.07 Å². The van der Waals surface area contributed by atoms with Crippen LogP contribution in [-0.2, 0) is 0 Å². The van der Waals surface area contributed by atoms with E-state index in [1.165, 1.54) is 5.69 Å². The van der Waals surface area contributed by atoms with E-state index in [9.17, 15) is 0 Å². The van der Waals surface area contributed by atoms with Gasteiger partial charge in [0.15, 0.2) is 0 Å². The average molecular weight is 293 g/mol. The van der Waals surface area contributed by atoms with Crippen molar-refractivity contribution in [3.63, 3.8) is 0 Å². The molecule has 0 saturated carbocycles. The molecule has 2 nitrogen and oxygen atoms in total. The Hall–Kier alpha value is -1.01. The minimum absolute atomic E-state index is 0.0442. The quantitative estimate of drug-likeness (QED) is 0.783. The number of piperidine rings is 1. The number of nitriles is 1. The number of hydrogen-bond acceptors (Lipinski definition) is 2. The van der Waals surface area contributed by atoms with Gasteiger partial charge in [0.2, 0.25) is 0 Å². The molecule has 0 radical (unpaired) electrons. The first kappa shape index (κ1) is 12.4. The Kier molecular flexibility index (Phi) is 3.44. The summed E-state index contributed by atoms with van der Waals surface area (Å²) < 4.78 is 1.13. The third kappa shape index (κ3) is 2.47. The largest absolute Gasteiger partial charge is 0.365 e. The van der Waals surface area contributed by atoms with Crippen LogP contribution in [0.15, 0.2) is 28.7 Å². The molecule has 0 aliphatic carbocycles. The van der Waals surface area contributed by atoms with E-state index in [4.69, 9.17) is 5.26 Å². The lowest BCUT2D eigenvalue weighted by Gasteiger charge is -2.46. The van der Waals surface area contributed by atoms with Crippen LogP contribution >= 0.6 is 15.9 Å². The summed E-state index contributed by atoms with van der Waals surface area (Å²) in [4.78, 5) is 2.41. The summed E-state index contributed by atoms with van der Waals surface area (Å²) in [6.45, 7) is 5.39. The van der Waals surface area contributed by atoms with E-state index < -0.39 is 0 Å². The molecule has 90 valence electrons. The number of hydrogen-bond donors (Lipinski definition) is 0. The Bertz CT molecular complexity index is 448. The average Bonchev–Trinajstić information content (AvgIpc) is 2.29. The van der Waals surface area contributed by atoms with E-state index in [0.29, 0.717) is 0 Å². The molecule has 2 rings (SSSR count). The number of para-hydroxylation sites is 1. The maximum atomic E-state index is 9.06. The van der Waals surface area contributed by atoms with Gasteiger partial charge in [-0.15, -0.1) is 0 Å². The van der Waals surface area contributed by atoms with Gasteiger partial charge in [0.1, 0.15) is 0 Å². The third-order valence-electron chi connectivity index (χ3n) is 3.50. The zero-order valence-corrected chi connectivity index (χ0v) is 11.9. The highest BCUT2D eigenvalue weighted by Crippen LogP contribution is 2.38. The van der Waals surface area contributed by atoms with Gasteiger partial charge in [0.25, 0.3) is 0 Å². The van der Waals surface area contributed by atoms with E-state index >= 15 is 0 Å². The van der Waals surface area contributed by atoms with Crippen molar-refractivity contribution in [2.75, 3.05) is 11.4 Å². The first-order valence-electron chi connectivity index (χ1n) is 5.96. The smallest absolute Gasteiger partial charge is 0.0657 e. The maximum Gasteiger partial charge on any atom is 0.0657 e. The second kappa shape index (κ2) is 4.70. The lowest BCUT2D eigenvalue weighted by Crippen LogP contribution is -2.50. The van der Waals surface area contributed by atoms with Crippen LogP contribution in [0.4, 0.5) is 5.69 Å². The number of anilines is 1. The van der Waals surface area contributed by atoms with Crippen molar-refractivity contribution in [1.29, 1.82) is 5.26 Å². The van der Waals surface area contributed by atoms with Gasteiger partial charge in [-0.3, -0.25) is 0 Å². The normalized spacial score (nSPS) is 23.2. The fourth-order valence-corrected chi connectivity index (χ4v) is 3.13. The highest BCUT2D eigenvalue weighted by molar-refractivity contribution is 9.10. The molecule has 1 unspecified atom stereocenters. The zero-order valence-electron chi connectivity index (χ0n) is 10.3. The number of nitrogens with zero attached hydrogens (tertiary/aromatic N) is 2. The Morgan fingerprint density at radius 2 is 2.12 bits per heavy atom. The number of benzene rings is 1. The van der Waals surface area contributed by atoms with Gasteiger partial charge in [0, 0.05) is 16.6 Å². The lowest BCUT2D eigenvalue weighted by atomic mass is 9.83. The molecule has 1 aliphatic heterocycles. The van der Waals surface area contributed by atoms with Crippen molar-refractivity contribution in [3.05, 3.63) is 28.7 Å². The second-order valence-corrected chi connectivity index (χ2v) is 6.09. The fourth-order valence-electron chi connectivity index (χ4n) is 2.63. The van der Waals surface area contributed by atoms with Crippen LogP contribution in [0.3, 0.4) is 0 Å². The molecule has 0 N–H and O–H groups in total. The standard InChI is InChI=1S/C14H17BrN2/c1-14(2)9-11(10-16)7-8-17(14)13-6-4-3-5-12(13)15/h3-6,11H,7-9H2,1-2H3. The summed E-state index contributed by atoms with van der Waals surface area (Å²) in [6, 6.07) is 10.7. The summed E-state index contributed by atoms with van der Waals surface area (Å²) in [7, 11) is 0. The minimum Gasteiger partial charge on any atom is -0.365 e. The van der Waals surface area contributed by atoms with Gasteiger partial charge in [-0.2, -0.15) is 5.26 Å². The predicted octanol–water partition coefficient (Wildman–Crippen LogP) is 3.97. The Morgan fingerprint density at radius 1 is 1.41 bits per heavy atom. The summed E-state index contributed by atoms with van der Waals surface area (Å²) in [5.74, 6) is 0.198. The van der Waals surface area contributed by atoms with Crippen LogP contribution in [0.5, 0.6) is 0 Å². The molecule has 17 heavy (non-hydrogen) atoms. The Morgan fingerprint density at radius 3 is 2.71 bits per heavy atom. The van der Waals surface area contributed by atoms with Crippen LogP contribution < -0.4 is 4.90 Å². The van der Waals surface area contributed by atoms with Gasteiger partial charge >= 0.3 is 0 Å².